The van der Waals surface area contributed by atoms with E-state index in [2.05, 4.69) is 18.2 Å². The number of likely N-dealkylation sites (tertiary alicyclic amines) is 1. The SMILES string of the molecule is O=C1CCCN1CC(=O)N1CCOCCOc2ccccc2Cc2cccc(c2)C1. The van der Waals surface area contributed by atoms with Gasteiger partial charge in [0.2, 0.25) is 11.8 Å². The summed E-state index contributed by atoms with van der Waals surface area (Å²) >= 11 is 0. The van der Waals surface area contributed by atoms with Crippen molar-refractivity contribution >= 4 is 11.8 Å². The van der Waals surface area contributed by atoms with Gasteiger partial charge >= 0.3 is 0 Å². The van der Waals surface area contributed by atoms with Gasteiger partial charge in [-0.3, -0.25) is 9.59 Å². The number of rotatable bonds is 2. The van der Waals surface area contributed by atoms with Crippen LogP contribution in [0, 0.1) is 0 Å². The topological polar surface area (TPSA) is 59.1 Å². The second-order valence-electron chi connectivity index (χ2n) is 7.80. The Balaban J connectivity index is 1.53. The van der Waals surface area contributed by atoms with Crippen LogP contribution in [-0.4, -0.2) is 61.1 Å². The summed E-state index contributed by atoms with van der Waals surface area (Å²) in [5.74, 6) is 0.920. The fraction of sp³-hybridized carbons (Fsp3) is 0.417. The van der Waals surface area contributed by atoms with Crippen LogP contribution in [-0.2, 0) is 27.3 Å². The van der Waals surface area contributed by atoms with E-state index in [1.165, 1.54) is 5.56 Å². The molecule has 0 unspecified atom stereocenters. The number of hydrogen-bond donors (Lipinski definition) is 0. The maximum atomic E-state index is 13.0. The van der Waals surface area contributed by atoms with Gasteiger partial charge in [-0.2, -0.15) is 0 Å². The summed E-state index contributed by atoms with van der Waals surface area (Å²) in [6.07, 6.45) is 2.14. The molecule has 0 N–H and O–H groups in total. The van der Waals surface area contributed by atoms with Crippen LogP contribution in [0.15, 0.2) is 48.5 Å². The Morgan fingerprint density at radius 2 is 1.83 bits per heavy atom. The zero-order valence-electron chi connectivity index (χ0n) is 17.2. The molecule has 2 aliphatic heterocycles. The average Bonchev–Trinajstić information content (AvgIpc) is 3.15. The van der Waals surface area contributed by atoms with Crippen molar-refractivity contribution in [3.63, 3.8) is 0 Å². The van der Waals surface area contributed by atoms with Crippen molar-refractivity contribution in [3.05, 3.63) is 65.2 Å². The first-order chi connectivity index (χ1) is 14.7. The maximum Gasteiger partial charge on any atom is 0.242 e. The fourth-order valence-electron chi connectivity index (χ4n) is 3.98. The van der Waals surface area contributed by atoms with Gasteiger partial charge in [0.25, 0.3) is 0 Å². The Bertz CT molecular complexity index is 898. The van der Waals surface area contributed by atoms with E-state index in [0.29, 0.717) is 45.9 Å². The van der Waals surface area contributed by atoms with Crippen LogP contribution in [0.25, 0.3) is 0 Å². The molecule has 2 amide bonds. The highest BCUT2D eigenvalue weighted by Gasteiger charge is 2.25. The van der Waals surface area contributed by atoms with Crippen LogP contribution in [0.4, 0.5) is 0 Å². The van der Waals surface area contributed by atoms with Gasteiger partial charge in [0.15, 0.2) is 0 Å². The summed E-state index contributed by atoms with van der Waals surface area (Å²) in [7, 11) is 0. The minimum absolute atomic E-state index is 0.0343. The first kappa shape index (κ1) is 20.4. The molecule has 4 rings (SSSR count). The molecule has 0 radical (unpaired) electrons. The van der Waals surface area contributed by atoms with Crippen molar-refractivity contribution in [1.82, 2.24) is 9.80 Å². The molecule has 6 nitrogen and oxygen atoms in total. The molecule has 158 valence electrons. The predicted molar refractivity (Wildman–Crippen MR) is 113 cm³/mol. The molecule has 0 saturated carbocycles. The van der Waals surface area contributed by atoms with E-state index in [9.17, 15) is 9.59 Å². The van der Waals surface area contributed by atoms with Crippen molar-refractivity contribution in [2.24, 2.45) is 0 Å². The quantitative estimate of drug-likeness (QED) is 0.767. The van der Waals surface area contributed by atoms with E-state index in [4.69, 9.17) is 9.47 Å². The Hall–Kier alpha value is -2.86. The van der Waals surface area contributed by atoms with Gasteiger partial charge < -0.3 is 19.3 Å². The zero-order chi connectivity index (χ0) is 20.8. The van der Waals surface area contributed by atoms with Crippen LogP contribution in [0.2, 0.25) is 0 Å². The maximum absolute atomic E-state index is 13.0. The van der Waals surface area contributed by atoms with Crippen molar-refractivity contribution in [2.75, 3.05) is 39.5 Å². The normalized spacial score (nSPS) is 17.8. The first-order valence-electron chi connectivity index (χ1n) is 10.6. The molecule has 0 aliphatic carbocycles. The van der Waals surface area contributed by atoms with Gasteiger partial charge in [0.1, 0.15) is 12.4 Å². The molecule has 0 spiro atoms. The van der Waals surface area contributed by atoms with E-state index in [1.807, 2.05) is 30.3 Å². The summed E-state index contributed by atoms with van der Waals surface area (Å²) in [5, 5.41) is 0. The number of ether oxygens (including phenoxy) is 2. The van der Waals surface area contributed by atoms with E-state index < -0.39 is 0 Å². The molecular formula is C24H28N2O4. The zero-order valence-corrected chi connectivity index (χ0v) is 17.2. The standard InChI is InChI=1S/C24H28N2O4/c27-23-9-4-10-25(23)18-24(28)26-11-12-29-13-14-30-22-8-2-1-7-21(22)16-19-5-3-6-20(15-19)17-26/h1-3,5-8,15H,4,9-14,16-18H2. The number of carbonyl (C=O) groups is 2. The van der Waals surface area contributed by atoms with Crippen LogP contribution >= 0.6 is 0 Å². The number of fused-ring (bicyclic) bond motifs is 3. The molecule has 30 heavy (non-hydrogen) atoms. The number of para-hydroxylation sites is 1. The van der Waals surface area contributed by atoms with Crippen LogP contribution < -0.4 is 4.74 Å². The van der Waals surface area contributed by atoms with E-state index in [1.54, 1.807) is 9.80 Å². The van der Waals surface area contributed by atoms with Crippen molar-refractivity contribution < 1.29 is 19.1 Å². The monoisotopic (exact) mass is 408 g/mol. The minimum Gasteiger partial charge on any atom is -0.491 e. The highest BCUT2D eigenvalue weighted by Crippen LogP contribution is 2.22. The number of benzene rings is 2. The van der Waals surface area contributed by atoms with Crippen molar-refractivity contribution in [3.8, 4) is 5.75 Å². The molecule has 1 fully saturated rings. The highest BCUT2D eigenvalue weighted by atomic mass is 16.5. The second kappa shape index (κ2) is 9.76. The molecule has 2 aromatic rings. The fourth-order valence-corrected chi connectivity index (χ4v) is 3.98. The molecule has 2 aliphatic rings. The summed E-state index contributed by atoms with van der Waals surface area (Å²) < 4.78 is 11.6. The Morgan fingerprint density at radius 3 is 2.70 bits per heavy atom. The summed E-state index contributed by atoms with van der Waals surface area (Å²) in [6, 6.07) is 16.4. The van der Waals surface area contributed by atoms with E-state index in [0.717, 1.165) is 29.7 Å². The number of carbonyl (C=O) groups excluding carboxylic acids is 2. The third kappa shape index (κ3) is 5.19. The summed E-state index contributed by atoms with van der Waals surface area (Å²) in [4.78, 5) is 28.3. The van der Waals surface area contributed by atoms with E-state index in [-0.39, 0.29) is 18.4 Å². The largest absolute Gasteiger partial charge is 0.491 e. The molecular weight excluding hydrogens is 380 g/mol. The first-order valence-corrected chi connectivity index (χ1v) is 10.6. The minimum atomic E-state index is -0.0343. The third-order valence-electron chi connectivity index (χ3n) is 5.57. The molecule has 6 heteroatoms. The summed E-state index contributed by atoms with van der Waals surface area (Å²) in [5.41, 5.74) is 3.38. The van der Waals surface area contributed by atoms with Gasteiger partial charge in [-0.05, 0) is 29.2 Å². The van der Waals surface area contributed by atoms with Gasteiger partial charge in [0.05, 0.1) is 19.8 Å². The van der Waals surface area contributed by atoms with Crippen LogP contribution in [0.1, 0.15) is 29.5 Å². The van der Waals surface area contributed by atoms with Crippen molar-refractivity contribution in [2.45, 2.75) is 25.8 Å². The van der Waals surface area contributed by atoms with Gasteiger partial charge in [-0.1, -0.05) is 42.5 Å². The van der Waals surface area contributed by atoms with E-state index >= 15 is 0 Å². The number of amides is 2. The summed E-state index contributed by atoms with van der Waals surface area (Å²) in [6.45, 7) is 3.18. The molecule has 0 atom stereocenters. The van der Waals surface area contributed by atoms with Gasteiger partial charge in [0, 0.05) is 32.5 Å². The van der Waals surface area contributed by atoms with Gasteiger partial charge in [-0.25, -0.2) is 0 Å². The highest BCUT2D eigenvalue weighted by molar-refractivity contribution is 5.85. The molecule has 2 heterocycles. The Kier molecular flexibility index (Phi) is 6.64. The number of nitrogens with zero attached hydrogens (tertiary/aromatic N) is 2. The Morgan fingerprint density at radius 1 is 0.967 bits per heavy atom. The average molecular weight is 408 g/mol. The third-order valence-corrected chi connectivity index (χ3v) is 5.57. The lowest BCUT2D eigenvalue weighted by Crippen LogP contribution is -2.42. The Labute approximate surface area is 177 Å². The molecule has 1 saturated heterocycles. The smallest absolute Gasteiger partial charge is 0.242 e. The molecule has 2 aromatic carbocycles. The van der Waals surface area contributed by atoms with Crippen LogP contribution in [0.3, 0.4) is 0 Å². The van der Waals surface area contributed by atoms with Crippen LogP contribution in [0.5, 0.6) is 5.75 Å². The molecule has 2 bridgehead atoms. The van der Waals surface area contributed by atoms with Gasteiger partial charge in [-0.15, -0.1) is 0 Å². The van der Waals surface area contributed by atoms with Crippen molar-refractivity contribution in [1.29, 1.82) is 0 Å². The lowest BCUT2D eigenvalue weighted by Gasteiger charge is -2.26. The lowest BCUT2D eigenvalue weighted by molar-refractivity contribution is -0.139. The number of hydrogen-bond acceptors (Lipinski definition) is 4. The predicted octanol–water partition coefficient (Wildman–Crippen LogP) is 2.64. The lowest BCUT2D eigenvalue weighted by atomic mass is 10.0. The second-order valence-corrected chi connectivity index (χ2v) is 7.80. The molecule has 0 aromatic heterocycles.